The summed E-state index contributed by atoms with van der Waals surface area (Å²) in [5.74, 6) is 0.349. The predicted octanol–water partition coefficient (Wildman–Crippen LogP) is 4.48. The van der Waals surface area contributed by atoms with Crippen molar-refractivity contribution in [3.05, 3.63) is 63.9 Å². The third kappa shape index (κ3) is 4.97. The molecule has 0 spiro atoms. The molecule has 2 aromatic carbocycles. The molecule has 2 rings (SSSR count). The maximum Gasteiger partial charge on any atom is 0.140 e. The summed E-state index contributed by atoms with van der Waals surface area (Å²) in [6.45, 7) is 2.28. The van der Waals surface area contributed by atoms with Crippen molar-refractivity contribution in [1.29, 1.82) is 0 Å². The zero-order chi connectivity index (χ0) is 15.2. The molecule has 0 heterocycles. The largest absolute Gasteiger partial charge is 0.493 e. The zero-order valence-electron chi connectivity index (χ0n) is 11.7. The van der Waals surface area contributed by atoms with Crippen LogP contribution in [0.25, 0.3) is 0 Å². The summed E-state index contributed by atoms with van der Waals surface area (Å²) in [7, 11) is 0. The van der Waals surface area contributed by atoms with E-state index in [0.29, 0.717) is 12.2 Å². The van der Waals surface area contributed by atoms with Crippen LogP contribution in [0.4, 0.5) is 4.39 Å². The summed E-state index contributed by atoms with van der Waals surface area (Å²) < 4.78 is 19.8. The highest BCUT2D eigenvalue weighted by molar-refractivity contribution is 9.10. The monoisotopic (exact) mass is 350 g/mol. The zero-order valence-corrected chi connectivity index (χ0v) is 13.3. The first-order valence-electron chi connectivity index (χ1n) is 6.69. The Labute approximate surface area is 132 Å². The van der Waals surface area contributed by atoms with E-state index in [4.69, 9.17) is 4.74 Å². The maximum absolute atomic E-state index is 13.6. The van der Waals surface area contributed by atoms with Gasteiger partial charge in [0, 0.05) is 17.3 Å². The van der Waals surface area contributed by atoms with Crippen LogP contribution < -0.4 is 4.74 Å². The Morgan fingerprint density at radius 2 is 2.05 bits per heavy atom. The molecular formula is C17H16BrFO2. The Morgan fingerprint density at radius 1 is 1.24 bits per heavy atom. The van der Waals surface area contributed by atoms with Gasteiger partial charge in [-0.15, -0.1) is 0 Å². The molecular weight excluding hydrogens is 335 g/mol. The Kier molecular flexibility index (Phi) is 5.51. The molecule has 0 N–H and O–H groups in total. The Hall–Kier alpha value is -1.68. The van der Waals surface area contributed by atoms with Gasteiger partial charge in [0.15, 0.2) is 0 Å². The molecule has 0 aliphatic heterocycles. The molecule has 0 saturated heterocycles. The molecule has 0 amide bonds. The summed E-state index contributed by atoms with van der Waals surface area (Å²) in [5.41, 5.74) is 1.51. The van der Waals surface area contributed by atoms with Gasteiger partial charge in [-0.25, -0.2) is 4.39 Å². The number of benzene rings is 2. The maximum atomic E-state index is 13.6. The van der Waals surface area contributed by atoms with Gasteiger partial charge in [-0.05, 0) is 48.4 Å². The van der Waals surface area contributed by atoms with Gasteiger partial charge >= 0.3 is 0 Å². The molecule has 110 valence electrons. The highest BCUT2D eigenvalue weighted by Crippen LogP contribution is 2.17. The van der Waals surface area contributed by atoms with Gasteiger partial charge in [-0.3, -0.25) is 4.79 Å². The Morgan fingerprint density at radius 3 is 2.81 bits per heavy atom. The van der Waals surface area contributed by atoms with E-state index in [-0.39, 0.29) is 24.4 Å². The molecule has 2 aromatic rings. The summed E-state index contributed by atoms with van der Waals surface area (Å²) in [6, 6.07) is 12.3. The molecule has 0 aliphatic carbocycles. The molecule has 0 aliphatic rings. The van der Waals surface area contributed by atoms with Crippen molar-refractivity contribution in [2.45, 2.75) is 19.8 Å². The molecule has 0 fully saturated rings. The van der Waals surface area contributed by atoms with Crippen LogP contribution in [0.15, 0.2) is 46.9 Å². The van der Waals surface area contributed by atoms with E-state index in [0.717, 1.165) is 15.8 Å². The number of rotatable bonds is 6. The second-order valence-corrected chi connectivity index (χ2v) is 5.78. The minimum atomic E-state index is -0.355. The van der Waals surface area contributed by atoms with Crippen LogP contribution in [0.2, 0.25) is 0 Å². The third-order valence-corrected chi connectivity index (χ3v) is 3.53. The molecule has 0 saturated carbocycles. The van der Waals surface area contributed by atoms with E-state index < -0.39 is 0 Å². The highest BCUT2D eigenvalue weighted by Gasteiger charge is 2.09. The number of hydrogen-bond donors (Lipinski definition) is 0. The van der Waals surface area contributed by atoms with E-state index >= 15 is 0 Å². The first-order valence-corrected chi connectivity index (χ1v) is 7.49. The molecule has 2 nitrogen and oxygen atoms in total. The lowest BCUT2D eigenvalue weighted by Crippen LogP contribution is -2.10. The normalized spacial score (nSPS) is 10.4. The number of ketones is 1. The molecule has 0 unspecified atom stereocenters. The number of carbonyl (C=O) groups is 1. The van der Waals surface area contributed by atoms with Crippen LogP contribution in [0.3, 0.4) is 0 Å². The average Bonchev–Trinajstić information content (AvgIpc) is 2.43. The number of Topliss-reactive ketones (excluding diaryl/α,β-unsaturated/α-hetero) is 1. The SMILES string of the molecule is Cc1cccc(OCCC(=O)Cc2cc(Br)ccc2F)c1. The first kappa shape index (κ1) is 15.7. The minimum absolute atomic E-state index is 0.0420. The average molecular weight is 351 g/mol. The van der Waals surface area contributed by atoms with Crippen molar-refractivity contribution in [3.63, 3.8) is 0 Å². The summed E-state index contributed by atoms with van der Waals surface area (Å²) in [6.07, 6.45) is 0.350. The fourth-order valence-corrected chi connectivity index (χ4v) is 2.38. The van der Waals surface area contributed by atoms with Crippen LogP contribution >= 0.6 is 15.9 Å². The lowest BCUT2D eigenvalue weighted by atomic mass is 10.1. The van der Waals surface area contributed by atoms with Crippen molar-refractivity contribution >= 4 is 21.7 Å². The number of hydrogen-bond acceptors (Lipinski definition) is 2. The molecule has 0 aromatic heterocycles. The van der Waals surface area contributed by atoms with Gasteiger partial charge in [-0.1, -0.05) is 28.1 Å². The number of aryl methyl sites for hydroxylation is 1. The molecule has 0 radical (unpaired) electrons. The van der Waals surface area contributed by atoms with Crippen molar-refractivity contribution < 1.29 is 13.9 Å². The molecule has 21 heavy (non-hydrogen) atoms. The van der Waals surface area contributed by atoms with E-state index in [1.807, 2.05) is 31.2 Å². The highest BCUT2D eigenvalue weighted by atomic mass is 79.9. The van der Waals surface area contributed by atoms with E-state index in [2.05, 4.69) is 15.9 Å². The smallest absolute Gasteiger partial charge is 0.140 e. The van der Waals surface area contributed by atoms with Crippen LogP contribution in [0, 0.1) is 12.7 Å². The number of halogens is 2. The van der Waals surface area contributed by atoms with Gasteiger partial charge in [-0.2, -0.15) is 0 Å². The number of ether oxygens (including phenoxy) is 1. The van der Waals surface area contributed by atoms with Gasteiger partial charge in [0.25, 0.3) is 0 Å². The van der Waals surface area contributed by atoms with Crippen molar-refractivity contribution in [2.75, 3.05) is 6.61 Å². The lowest BCUT2D eigenvalue weighted by molar-refractivity contribution is -0.118. The second-order valence-electron chi connectivity index (χ2n) is 4.87. The van der Waals surface area contributed by atoms with Crippen LogP contribution in [0.1, 0.15) is 17.5 Å². The summed E-state index contributed by atoms with van der Waals surface area (Å²) in [4.78, 5) is 11.9. The van der Waals surface area contributed by atoms with Gasteiger partial charge < -0.3 is 4.74 Å². The molecule has 0 atom stereocenters. The standard InChI is InChI=1S/C17H16BrFO2/c1-12-3-2-4-16(9-12)21-8-7-15(20)11-13-10-14(18)5-6-17(13)19/h2-6,9-10H,7-8,11H2,1H3. The Balaban J connectivity index is 1.84. The second kappa shape index (κ2) is 7.36. The van der Waals surface area contributed by atoms with Crippen LogP contribution in [-0.4, -0.2) is 12.4 Å². The van der Waals surface area contributed by atoms with E-state index in [1.54, 1.807) is 12.1 Å². The van der Waals surface area contributed by atoms with Crippen molar-refractivity contribution in [2.24, 2.45) is 0 Å². The molecule has 0 bridgehead atoms. The fourth-order valence-electron chi connectivity index (χ4n) is 1.97. The predicted molar refractivity (Wildman–Crippen MR) is 84.1 cm³/mol. The summed E-state index contributed by atoms with van der Waals surface area (Å²) in [5, 5.41) is 0. The van der Waals surface area contributed by atoms with Crippen LogP contribution in [0.5, 0.6) is 5.75 Å². The quantitative estimate of drug-likeness (QED) is 0.767. The topological polar surface area (TPSA) is 26.3 Å². The lowest BCUT2D eigenvalue weighted by Gasteiger charge is -2.07. The first-order chi connectivity index (χ1) is 10.0. The number of carbonyl (C=O) groups excluding carboxylic acids is 1. The van der Waals surface area contributed by atoms with Gasteiger partial charge in [0.05, 0.1) is 6.61 Å². The third-order valence-electron chi connectivity index (χ3n) is 3.03. The van der Waals surface area contributed by atoms with Gasteiger partial charge in [0.1, 0.15) is 17.3 Å². The van der Waals surface area contributed by atoms with E-state index in [9.17, 15) is 9.18 Å². The minimum Gasteiger partial charge on any atom is -0.493 e. The van der Waals surface area contributed by atoms with E-state index in [1.165, 1.54) is 6.07 Å². The van der Waals surface area contributed by atoms with Gasteiger partial charge in [0.2, 0.25) is 0 Å². The van der Waals surface area contributed by atoms with Crippen LogP contribution in [-0.2, 0) is 11.2 Å². The summed E-state index contributed by atoms with van der Waals surface area (Å²) >= 11 is 3.27. The van der Waals surface area contributed by atoms with Crippen molar-refractivity contribution in [1.82, 2.24) is 0 Å². The molecule has 4 heteroatoms. The fraction of sp³-hybridized carbons (Fsp3) is 0.235. The Bertz CT molecular complexity index is 640. The van der Waals surface area contributed by atoms with Crippen molar-refractivity contribution in [3.8, 4) is 5.75 Å².